The van der Waals surface area contributed by atoms with Gasteiger partial charge in [-0.1, -0.05) is 48.2 Å². The highest BCUT2D eigenvalue weighted by Crippen LogP contribution is 2.36. The third-order valence-electron chi connectivity index (χ3n) is 6.49. The molecule has 2 aromatic carbocycles. The number of para-hydroxylation sites is 1. The number of benzene rings is 2. The molecular weight excluding hydrogens is 478 g/mol. The van der Waals surface area contributed by atoms with E-state index in [0.29, 0.717) is 17.4 Å². The molecule has 3 heterocycles. The van der Waals surface area contributed by atoms with Gasteiger partial charge in [-0.2, -0.15) is 0 Å². The van der Waals surface area contributed by atoms with E-state index in [-0.39, 0.29) is 22.6 Å². The zero-order valence-electron chi connectivity index (χ0n) is 19.4. The zero-order valence-corrected chi connectivity index (χ0v) is 21.1. The molecule has 1 fully saturated rings. The number of thiocarbonyl (C=S) groups is 1. The zero-order chi connectivity index (χ0) is 24.4. The van der Waals surface area contributed by atoms with Gasteiger partial charge >= 0.3 is 0 Å². The molecule has 1 amide bonds. The van der Waals surface area contributed by atoms with Crippen LogP contribution < -0.4 is 15.6 Å². The monoisotopic (exact) mass is 505 g/mol. The number of likely N-dealkylation sites (tertiary alicyclic amines) is 1. The molecule has 0 radical (unpaired) electrons. The molecule has 2 aliphatic rings. The van der Waals surface area contributed by atoms with Crippen LogP contribution in [-0.2, 0) is 11.3 Å². The second-order valence-corrected chi connectivity index (χ2v) is 11.0. The number of anilines is 1. The minimum absolute atomic E-state index is 0.0764. The fourth-order valence-electron chi connectivity index (χ4n) is 4.80. The molecule has 8 heteroatoms. The summed E-state index contributed by atoms with van der Waals surface area (Å²) in [7, 11) is 0. The van der Waals surface area contributed by atoms with Crippen molar-refractivity contribution in [2.45, 2.75) is 31.1 Å². The largest absolute Gasteiger partial charge is 0.457 e. The van der Waals surface area contributed by atoms with Crippen LogP contribution in [0.2, 0.25) is 0 Å². The molecule has 1 N–H and O–H groups in total. The summed E-state index contributed by atoms with van der Waals surface area (Å²) < 4.78 is 8.46. The molecule has 35 heavy (non-hydrogen) atoms. The fraction of sp³-hybridized carbons (Fsp3) is 0.296. The van der Waals surface area contributed by atoms with E-state index in [2.05, 4.69) is 10.2 Å². The van der Waals surface area contributed by atoms with Crippen molar-refractivity contribution >= 4 is 39.9 Å². The van der Waals surface area contributed by atoms with Crippen LogP contribution in [0.4, 0.5) is 5.69 Å². The molecule has 5 rings (SSSR count). The van der Waals surface area contributed by atoms with Crippen molar-refractivity contribution < 1.29 is 9.53 Å². The normalized spacial score (nSPS) is 19.4. The number of piperidine rings is 1. The van der Waals surface area contributed by atoms with Crippen molar-refractivity contribution in [3.63, 3.8) is 0 Å². The second kappa shape index (κ2) is 10.3. The summed E-state index contributed by atoms with van der Waals surface area (Å²) in [6.07, 6.45) is 1.08. The van der Waals surface area contributed by atoms with E-state index in [9.17, 15) is 9.59 Å². The van der Waals surface area contributed by atoms with Crippen molar-refractivity contribution in [1.29, 1.82) is 0 Å². The number of hydrogen-bond donors (Lipinski definition) is 1. The number of thioether (sulfide) groups is 1. The number of carbonyl (C=O) groups excluding carboxylic acids is 1. The minimum Gasteiger partial charge on any atom is -0.457 e. The number of rotatable bonds is 5. The highest BCUT2D eigenvalue weighted by molar-refractivity contribution is 8.23. The summed E-state index contributed by atoms with van der Waals surface area (Å²) in [5, 5.41) is 2.63. The Morgan fingerprint density at radius 2 is 1.74 bits per heavy atom. The van der Waals surface area contributed by atoms with Gasteiger partial charge in [0.2, 0.25) is 5.91 Å². The second-order valence-electron chi connectivity index (χ2n) is 9.06. The van der Waals surface area contributed by atoms with Gasteiger partial charge in [0.05, 0.1) is 5.25 Å². The molecular formula is C27H27N3O3S2. The highest BCUT2D eigenvalue weighted by atomic mass is 32.2. The van der Waals surface area contributed by atoms with E-state index in [4.69, 9.17) is 17.0 Å². The first-order chi connectivity index (χ1) is 17.0. The van der Waals surface area contributed by atoms with Gasteiger partial charge in [0.15, 0.2) is 0 Å². The lowest BCUT2D eigenvalue weighted by atomic mass is 9.83. The quantitative estimate of drug-likeness (QED) is 0.487. The maximum absolute atomic E-state index is 12.8. The number of ether oxygens (including phenoxy) is 1. The third kappa shape index (κ3) is 5.44. The van der Waals surface area contributed by atoms with Gasteiger partial charge in [0, 0.05) is 43.0 Å². The number of hydrogen-bond acceptors (Lipinski definition) is 5. The molecule has 0 saturated carbocycles. The molecule has 3 aromatic rings. The average Bonchev–Trinajstić information content (AvgIpc) is 2.86. The van der Waals surface area contributed by atoms with Gasteiger partial charge in [-0.25, -0.2) is 0 Å². The first-order valence-corrected chi connectivity index (χ1v) is 13.0. The SMILES string of the molecule is C[C@H](SC(=S)N1C[C@@H]2C[C@@H](C1)c1cccc(=O)n1C2)C(=O)Nc1ccc(Oc2ccccc2)cc1. The van der Waals surface area contributed by atoms with E-state index in [0.717, 1.165) is 41.8 Å². The predicted octanol–water partition coefficient (Wildman–Crippen LogP) is 5.11. The van der Waals surface area contributed by atoms with Crippen LogP contribution in [0.3, 0.4) is 0 Å². The van der Waals surface area contributed by atoms with Gasteiger partial charge in [0.1, 0.15) is 15.8 Å². The number of carbonyl (C=O) groups is 1. The summed E-state index contributed by atoms with van der Waals surface area (Å²) in [5.74, 6) is 2.05. The van der Waals surface area contributed by atoms with E-state index in [1.54, 1.807) is 6.07 Å². The Labute approximate surface area is 214 Å². The minimum atomic E-state index is -0.334. The Bertz CT molecular complexity index is 1280. The van der Waals surface area contributed by atoms with Crippen LogP contribution in [0.5, 0.6) is 11.5 Å². The van der Waals surface area contributed by atoms with Crippen LogP contribution in [0.1, 0.15) is 25.0 Å². The van der Waals surface area contributed by atoms with Crippen molar-refractivity contribution in [1.82, 2.24) is 9.47 Å². The van der Waals surface area contributed by atoms with Gasteiger partial charge in [0.25, 0.3) is 5.56 Å². The molecule has 0 aliphatic carbocycles. The predicted molar refractivity (Wildman–Crippen MR) is 144 cm³/mol. The maximum Gasteiger partial charge on any atom is 0.250 e. The topological polar surface area (TPSA) is 63.6 Å². The van der Waals surface area contributed by atoms with Crippen molar-refractivity contribution in [3.8, 4) is 11.5 Å². The van der Waals surface area contributed by atoms with Gasteiger partial charge < -0.3 is 19.5 Å². The van der Waals surface area contributed by atoms with E-state index in [1.807, 2.05) is 78.2 Å². The lowest BCUT2D eigenvalue weighted by molar-refractivity contribution is -0.115. The molecule has 2 bridgehead atoms. The highest BCUT2D eigenvalue weighted by Gasteiger charge is 2.35. The number of amides is 1. The van der Waals surface area contributed by atoms with Gasteiger partial charge in [-0.15, -0.1) is 0 Å². The first-order valence-electron chi connectivity index (χ1n) is 11.8. The van der Waals surface area contributed by atoms with Crippen molar-refractivity contribution in [3.05, 3.63) is 88.8 Å². The molecule has 1 aromatic heterocycles. The number of nitrogens with zero attached hydrogens (tertiary/aromatic N) is 2. The number of pyridine rings is 1. The van der Waals surface area contributed by atoms with Crippen molar-refractivity contribution in [2.75, 3.05) is 18.4 Å². The summed E-state index contributed by atoms with van der Waals surface area (Å²) in [6, 6.07) is 22.4. The lowest BCUT2D eigenvalue weighted by Crippen LogP contribution is -2.48. The third-order valence-corrected chi connectivity index (χ3v) is 8.06. The molecule has 0 spiro atoms. The molecule has 0 unspecified atom stereocenters. The molecule has 6 nitrogen and oxygen atoms in total. The summed E-state index contributed by atoms with van der Waals surface area (Å²) in [6.45, 7) is 4.21. The Kier molecular flexibility index (Phi) is 6.92. The summed E-state index contributed by atoms with van der Waals surface area (Å²) >= 11 is 7.15. The number of aromatic nitrogens is 1. The molecule has 3 atom stereocenters. The number of fused-ring (bicyclic) bond motifs is 4. The smallest absolute Gasteiger partial charge is 0.250 e. The van der Waals surface area contributed by atoms with E-state index < -0.39 is 0 Å². The Balaban J connectivity index is 1.16. The fourth-order valence-corrected chi connectivity index (χ4v) is 6.15. The Hall–Kier alpha value is -3.10. The maximum atomic E-state index is 12.8. The van der Waals surface area contributed by atoms with E-state index >= 15 is 0 Å². The standard InChI is InChI=1S/C27H27N3O3S2/c1-18(26(32)28-21-10-12-23(13-11-21)33-22-6-3-2-4-7-22)35-27(34)29-15-19-14-20(17-29)24-8-5-9-25(31)30(24)16-19/h2-13,18-20H,14-17H2,1H3,(H,28,32)/t18-,19-,20-/m0/s1. The van der Waals surface area contributed by atoms with Crippen LogP contribution in [0, 0.1) is 5.92 Å². The van der Waals surface area contributed by atoms with Crippen LogP contribution in [0.25, 0.3) is 0 Å². The Morgan fingerprint density at radius 3 is 2.51 bits per heavy atom. The van der Waals surface area contributed by atoms with Gasteiger partial charge in [-0.05, 0) is 61.7 Å². The summed E-state index contributed by atoms with van der Waals surface area (Å²) in [4.78, 5) is 27.3. The average molecular weight is 506 g/mol. The summed E-state index contributed by atoms with van der Waals surface area (Å²) in [5.41, 5.74) is 1.88. The van der Waals surface area contributed by atoms with E-state index in [1.165, 1.54) is 11.8 Å². The molecule has 180 valence electrons. The molecule has 2 aliphatic heterocycles. The number of nitrogens with one attached hydrogen (secondary N) is 1. The van der Waals surface area contributed by atoms with Gasteiger partial charge in [-0.3, -0.25) is 9.59 Å². The van der Waals surface area contributed by atoms with Crippen LogP contribution in [-0.4, -0.2) is 38.0 Å². The Morgan fingerprint density at radius 1 is 1.00 bits per heavy atom. The molecule has 1 saturated heterocycles. The van der Waals surface area contributed by atoms with Crippen LogP contribution >= 0.6 is 24.0 Å². The van der Waals surface area contributed by atoms with Crippen LogP contribution in [0.15, 0.2) is 77.6 Å². The lowest BCUT2D eigenvalue weighted by Gasteiger charge is -2.43. The first kappa shape index (κ1) is 23.6. The van der Waals surface area contributed by atoms with Crippen molar-refractivity contribution in [2.24, 2.45) is 5.92 Å².